The van der Waals surface area contributed by atoms with E-state index in [0.717, 1.165) is 25.7 Å². The van der Waals surface area contributed by atoms with Crippen molar-refractivity contribution in [3.8, 4) is 0 Å². The number of halogens is 1. The topological polar surface area (TPSA) is 66.5 Å². The van der Waals surface area contributed by atoms with Crippen LogP contribution in [0.15, 0.2) is 45.1 Å². The van der Waals surface area contributed by atoms with E-state index in [4.69, 9.17) is 0 Å². The fourth-order valence-electron chi connectivity index (χ4n) is 1.61. The first-order valence-electron chi connectivity index (χ1n) is 5.59. The largest absolute Gasteiger partial charge is 0.357 e. The minimum absolute atomic E-state index is 0.585. The van der Waals surface area contributed by atoms with Crippen LogP contribution < -0.4 is 5.32 Å². The lowest BCUT2D eigenvalue weighted by atomic mass is 10.3. The number of imidazole rings is 1. The summed E-state index contributed by atoms with van der Waals surface area (Å²) >= 11 is 4.91. The van der Waals surface area contributed by atoms with Gasteiger partial charge in [0.1, 0.15) is 5.03 Å². The molecule has 19 heavy (non-hydrogen) atoms. The van der Waals surface area contributed by atoms with Crippen LogP contribution in [0.1, 0.15) is 0 Å². The lowest BCUT2D eigenvalue weighted by Gasteiger charge is -2.03. The molecular weight excluding hydrogens is 326 g/mol. The lowest BCUT2D eigenvalue weighted by Crippen LogP contribution is -1.97. The predicted octanol–water partition coefficient (Wildman–Crippen LogP) is 3.31. The molecule has 0 saturated heterocycles. The average molecular weight is 336 g/mol. The molecule has 0 aliphatic carbocycles. The zero-order valence-electron chi connectivity index (χ0n) is 10.0. The second-order valence-corrected chi connectivity index (χ2v) is 5.59. The molecule has 2 aromatic heterocycles. The van der Waals surface area contributed by atoms with Gasteiger partial charge in [0.2, 0.25) is 5.95 Å². The van der Waals surface area contributed by atoms with Crippen LogP contribution in [0.4, 0.5) is 5.95 Å². The summed E-state index contributed by atoms with van der Waals surface area (Å²) < 4.78 is 0.844. The molecule has 3 aromatic rings. The molecule has 0 saturated carbocycles. The summed E-state index contributed by atoms with van der Waals surface area (Å²) in [7, 11) is 1.79. The van der Waals surface area contributed by atoms with Gasteiger partial charge >= 0.3 is 0 Å². The monoisotopic (exact) mass is 335 g/mol. The third kappa shape index (κ3) is 2.57. The molecule has 0 fully saturated rings. The molecule has 5 nitrogen and oxygen atoms in total. The van der Waals surface area contributed by atoms with Crippen LogP contribution in [0.2, 0.25) is 0 Å². The van der Waals surface area contributed by atoms with Crippen molar-refractivity contribution < 1.29 is 0 Å². The molecule has 0 bridgehead atoms. The predicted molar refractivity (Wildman–Crippen MR) is 79.5 cm³/mol. The SMILES string of the molecule is CNc1ncc(Br)c(Sc2nc3ccccc3[nH]2)n1. The van der Waals surface area contributed by atoms with E-state index in [1.54, 1.807) is 13.2 Å². The van der Waals surface area contributed by atoms with Crippen molar-refractivity contribution in [2.75, 3.05) is 12.4 Å². The van der Waals surface area contributed by atoms with Gasteiger partial charge in [-0.2, -0.15) is 0 Å². The summed E-state index contributed by atoms with van der Waals surface area (Å²) in [6.45, 7) is 0. The number of hydrogen-bond donors (Lipinski definition) is 2. The van der Waals surface area contributed by atoms with E-state index in [1.165, 1.54) is 11.8 Å². The minimum atomic E-state index is 0.585. The summed E-state index contributed by atoms with van der Waals surface area (Å²) in [5, 5.41) is 4.55. The maximum absolute atomic E-state index is 4.51. The number of fused-ring (bicyclic) bond motifs is 1. The highest BCUT2D eigenvalue weighted by molar-refractivity contribution is 9.10. The second kappa shape index (κ2) is 5.18. The Kier molecular flexibility index (Phi) is 3.39. The van der Waals surface area contributed by atoms with Crippen LogP contribution in [0.3, 0.4) is 0 Å². The van der Waals surface area contributed by atoms with Gasteiger partial charge in [0, 0.05) is 13.2 Å². The molecule has 7 heteroatoms. The number of aromatic nitrogens is 4. The number of benzene rings is 1. The molecule has 0 aliphatic rings. The highest BCUT2D eigenvalue weighted by atomic mass is 79.9. The van der Waals surface area contributed by atoms with Gasteiger partial charge in [-0.05, 0) is 39.8 Å². The molecule has 0 radical (unpaired) electrons. The Morgan fingerprint density at radius 1 is 1.26 bits per heavy atom. The smallest absolute Gasteiger partial charge is 0.223 e. The third-order valence-electron chi connectivity index (χ3n) is 2.50. The molecule has 0 unspecified atom stereocenters. The molecule has 1 aromatic carbocycles. The maximum Gasteiger partial charge on any atom is 0.223 e. The van der Waals surface area contributed by atoms with Crippen LogP contribution in [0.5, 0.6) is 0 Å². The molecule has 96 valence electrons. The quantitative estimate of drug-likeness (QED) is 0.719. The van der Waals surface area contributed by atoms with Gasteiger partial charge in [0.05, 0.1) is 15.5 Å². The first-order valence-corrected chi connectivity index (χ1v) is 7.20. The maximum atomic E-state index is 4.51. The summed E-state index contributed by atoms with van der Waals surface area (Å²) in [5.41, 5.74) is 1.97. The number of anilines is 1. The molecule has 0 aliphatic heterocycles. The molecule has 0 spiro atoms. The van der Waals surface area contributed by atoms with Gasteiger partial charge in [-0.25, -0.2) is 15.0 Å². The van der Waals surface area contributed by atoms with E-state index in [-0.39, 0.29) is 0 Å². The van der Waals surface area contributed by atoms with Crippen molar-refractivity contribution in [2.24, 2.45) is 0 Å². The fourth-order valence-corrected chi connectivity index (χ4v) is 2.82. The van der Waals surface area contributed by atoms with E-state index in [1.807, 2.05) is 24.3 Å². The number of aromatic amines is 1. The fraction of sp³-hybridized carbons (Fsp3) is 0.0833. The lowest BCUT2D eigenvalue weighted by molar-refractivity contribution is 1.01. The van der Waals surface area contributed by atoms with Crippen LogP contribution in [0, 0.1) is 0 Å². The Bertz CT molecular complexity index is 694. The molecule has 2 N–H and O–H groups in total. The molecule has 0 atom stereocenters. The number of hydrogen-bond acceptors (Lipinski definition) is 5. The van der Waals surface area contributed by atoms with Gasteiger partial charge in [-0.1, -0.05) is 12.1 Å². The number of nitrogens with zero attached hydrogens (tertiary/aromatic N) is 3. The van der Waals surface area contributed by atoms with Crippen LogP contribution in [-0.2, 0) is 0 Å². The third-order valence-corrected chi connectivity index (χ3v) is 4.23. The molecule has 2 heterocycles. The standard InChI is InChI=1S/C12H10BrN5S/c1-14-11-15-6-7(13)10(18-11)19-12-16-8-4-2-3-5-9(8)17-12/h2-6H,1H3,(H,16,17)(H,14,15,18). The Labute approximate surface area is 122 Å². The highest BCUT2D eigenvalue weighted by Crippen LogP contribution is 2.31. The molecular formula is C12H10BrN5S. The van der Waals surface area contributed by atoms with E-state index < -0.39 is 0 Å². The van der Waals surface area contributed by atoms with Crippen LogP contribution in [0.25, 0.3) is 11.0 Å². The zero-order valence-corrected chi connectivity index (χ0v) is 12.4. The minimum Gasteiger partial charge on any atom is -0.357 e. The number of H-pyrrole nitrogens is 1. The van der Waals surface area contributed by atoms with E-state index in [9.17, 15) is 0 Å². The van der Waals surface area contributed by atoms with Crippen molar-refractivity contribution in [1.82, 2.24) is 19.9 Å². The first-order chi connectivity index (χ1) is 9.26. The van der Waals surface area contributed by atoms with E-state index in [2.05, 4.69) is 41.2 Å². The van der Waals surface area contributed by atoms with Crippen molar-refractivity contribution in [2.45, 2.75) is 10.2 Å². The normalized spacial score (nSPS) is 10.8. The number of rotatable bonds is 3. The summed E-state index contributed by atoms with van der Waals surface area (Å²) in [6.07, 6.45) is 1.73. The zero-order chi connectivity index (χ0) is 13.2. The second-order valence-electron chi connectivity index (χ2n) is 3.76. The van der Waals surface area contributed by atoms with Gasteiger partial charge in [-0.15, -0.1) is 0 Å². The van der Waals surface area contributed by atoms with Crippen molar-refractivity contribution in [3.05, 3.63) is 34.9 Å². The van der Waals surface area contributed by atoms with Gasteiger partial charge < -0.3 is 10.3 Å². The first kappa shape index (κ1) is 12.4. The Hall–Kier alpha value is -1.60. The van der Waals surface area contributed by atoms with Crippen molar-refractivity contribution in [1.29, 1.82) is 0 Å². The Balaban J connectivity index is 1.96. The van der Waals surface area contributed by atoms with Crippen molar-refractivity contribution in [3.63, 3.8) is 0 Å². The van der Waals surface area contributed by atoms with Crippen LogP contribution in [-0.4, -0.2) is 27.0 Å². The summed E-state index contributed by atoms with van der Waals surface area (Å²) in [4.78, 5) is 16.3. The van der Waals surface area contributed by atoms with E-state index in [0.29, 0.717) is 5.95 Å². The average Bonchev–Trinajstić information content (AvgIpc) is 2.83. The Morgan fingerprint density at radius 3 is 2.89 bits per heavy atom. The van der Waals surface area contributed by atoms with Gasteiger partial charge in [0.15, 0.2) is 5.16 Å². The summed E-state index contributed by atoms with van der Waals surface area (Å²) in [6, 6.07) is 7.93. The Morgan fingerprint density at radius 2 is 2.11 bits per heavy atom. The highest BCUT2D eigenvalue weighted by Gasteiger charge is 2.09. The van der Waals surface area contributed by atoms with Crippen LogP contribution >= 0.6 is 27.7 Å². The van der Waals surface area contributed by atoms with Gasteiger partial charge in [0.25, 0.3) is 0 Å². The summed E-state index contributed by atoms with van der Waals surface area (Å²) in [5.74, 6) is 0.585. The van der Waals surface area contributed by atoms with E-state index >= 15 is 0 Å². The molecule has 3 rings (SSSR count). The molecule has 0 amide bonds. The number of nitrogens with one attached hydrogen (secondary N) is 2. The van der Waals surface area contributed by atoms with Gasteiger partial charge in [-0.3, -0.25) is 0 Å². The number of para-hydroxylation sites is 2. The van der Waals surface area contributed by atoms with Crippen molar-refractivity contribution >= 4 is 44.7 Å².